The molecule has 0 amide bonds. The quantitative estimate of drug-likeness (QED) is 0.101. The molecule has 2 N–H and O–H groups in total. The molecule has 11 nitrogen and oxygen atoms in total. The highest BCUT2D eigenvalue weighted by Crippen LogP contribution is 2.45. The van der Waals surface area contributed by atoms with Crippen LogP contribution >= 0.6 is 0 Å². The van der Waals surface area contributed by atoms with Crippen molar-refractivity contribution in [1.82, 2.24) is 0 Å². The summed E-state index contributed by atoms with van der Waals surface area (Å²) in [4.78, 5) is 42.8. The summed E-state index contributed by atoms with van der Waals surface area (Å²) in [6.45, 7) is 0. The molecule has 0 aromatic heterocycles. The normalized spacial score (nSPS) is 11.6. The Morgan fingerprint density at radius 1 is 0.548 bits per heavy atom. The first kappa shape index (κ1) is 26.0. The molecule has 0 saturated carbocycles. The first-order valence-corrected chi connectivity index (χ1v) is 12.5. The summed E-state index contributed by atoms with van der Waals surface area (Å²) in [5, 5.41) is 40.4. The van der Waals surface area contributed by atoms with Gasteiger partial charge in [0.05, 0.1) is 26.4 Å². The fraction of sp³-hybridized carbons (Fsp3) is 0. The number of fused-ring (bicyclic) bond motifs is 8. The maximum Gasteiger partial charge on any atom is 0.284 e. The molecule has 1 aliphatic rings. The summed E-state index contributed by atoms with van der Waals surface area (Å²) in [5.74, 6) is -0.717. The molecule has 6 aromatic carbocycles. The lowest BCUT2D eigenvalue weighted by Gasteiger charge is -2.08. The Morgan fingerprint density at radius 3 is 1.86 bits per heavy atom. The van der Waals surface area contributed by atoms with Crippen LogP contribution in [-0.4, -0.2) is 20.6 Å². The molecule has 0 spiro atoms. The van der Waals surface area contributed by atoms with Crippen LogP contribution in [0.25, 0.3) is 43.4 Å². The van der Waals surface area contributed by atoms with Crippen molar-refractivity contribution in [2.45, 2.75) is 0 Å². The summed E-state index contributed by atoms with van der Waals surface area (Å²) in [7, 11) is 0. The molecule has 7 rings (SSSR count). The van der Waals surface area contributed by atoms with Gasteiger partial charge >= 0.3 is 0 Å². The van der Waals surface area contributed by atoms with Crippen molar-refractivity contribution in [3.63, 3.8) is 0 Å². The average Bonchev–Trinajstić information content (AvgIpc) is 3.27. The van der Waals surface area contributed by atoms with Gasteiger partial charge in [0.25, 0.3) is 17.1 Å². The van der Waals surface area contributed by atoms with Crippen LogP contribution in [0.4, 0.5) is 22.7 Å². The number of anilines is 1. The summed E-state index contributed by atoms with van der Waals surface area (Å²) < 4.78 is 0. The second-order valence-electron chi connectivity index (χ2n) is 9.65. The minimum atomic E-state index is -0.841. The number of nitro benzene ring substituents is 3. The first-order valence-electron chi connectivity index (χ1n) is 12.5. The Balaban J connectivity index is 0.000000153. The number of carbonyl (C=O) groups excluding carboxylic acids is 1. The summed E-state index contributed by atoms with van der Waals surface area (Å²) in [6, 6.07) is 28.4. The van der Waals surface area contributed by atoms with E-state index in [1.54, 1.807) is 0 Å². The van der Waals surface area contributed by atoms with E-state index < -0.39 is 31.9 Å². The van der Waals surface area contributed by atoms with Gasteiger partial charge in [0.2, 0.25) is 0 Å². The maximum atomic E-state index is 12.3. The zero-order valence-corrected chi connectivity index (χ0v) is 21.5. The van der Waals surface area contributed by atoms with E-state index in [4.69, 9.17) is 5.73 Å². The number of nitrogens with zero attached hydrogens (tertiary/aromatic N) is 3. The van der Waals surface area contributed by atoms with E-state index in [0.29, 0.717) is 0 Å². The van der Waals surface area contributed by atoms with Crippen molar-refractivity contribution in [2.75, 3.05) is 5.73 Å². The number of benzene rings is 6. The summed E-state index contributed by atoms with van der Waals surface area (Å²) in [6.07, 6.45) is 0. The Kier molecular flexibility index (Phi) is 6.04. The highest BCUT2D eigenvalue weighted by molar-refractivity contribution is 6.24. The minimum Gasteiger partial charge on any atom is -0.399 e. The van der Waals surface area contributed by atoms with Crippen molar-refractivity contribution in [3.8, 4) is 11.1 Å². The standard InChI is InChI=1S/C18H13N.C13H5N3O7/c19-15-10-9-13-6-8-14-7-5-12-3-1-2-4-16(12)18(14)17(13)11-15;17-13-9-3-6(14(18)19)1-2-8(9)12-10(13)4-7(15(20)21)5-11(12)16(22)23/h1-11H,19H2;1-5H. The number of nitrogens with two attached hydrogens (primary N) is 1. The largest absolute Gasteiger partial charge is 0.399 e. The second kappa shape index (κ2) is 9.75. The van der Waals surface area contributed by atoms with Gasteiger partial charge in [0.15, 0.2) is 5.78 Å². The molecule has 0 aliphatic heterocycles. The minimum absolute atomic E-state index is 0.0597. The highest BCUT2D eigenvalue weighted by Gasteiger charge is 2.36. The predicted octanol–water partition coefficient (Wildman–Crippen LogP) is 7.35. The van der Waals surface area contributed by atoms with Crippen molar-refractivity contribution in [2.24, 2.45) is 0 Å². The monoisotopic (exact) mass is 558 g/mol. The molecule has 0 bridgehead atoms. The van der Waals surface area contributed by atoms with Crippen LogP contribution in [0.15, 0.2) is 97.1 Å². The van der Waals surface area contributed by atoms with Crippen LogP contribution in [0.5, 0.6) is 0 Å². The van der Waals surface area contributed by atoms with Crippen LogP contribution in [0.3, 0.4) is 0 Å². The number of rotatable bonds is 3. The lowest BCUT2D eigenvalue weighted by molar-refractivity contribution is -0.393. The Morgan fingerprint density at radius 2 is 1.17 bits per heavy atom. The molecule has 204 valence electrons. The molecule has 0 atom stereocenters. The van der Waals surface area contributed by atoms with Gasteiger partial charge in [0.1, 0.15) is 0 Å². The fourth-order valence-corrected chi connectivity index (χ4v) is 5.36. The first-order chi connectivity index (χ1) is 20.1. The lowest BCUT2D eigenvalue weighted by Crippen LogP contribution is -2.00. The van der Waals surface area contributed by atoms with Gasteiger partial charge in [-0.25, -0.2) is 0 Å². The van der Waals surface area contributed by atoms with Crippen molar-refractivity contribution < 1.29 is 19.6 Å². The van der Waals surface area contributed by atoms with Gasteiger partial charge in [0, 0.05) is 40.6 Å². The zero-order valence-electron chi connectivity index (χ0n) is 21.5. The topological polar surface area (TPSA) is 173 Å². The lowest BCUT2D eigenvalue weighted by atomic mass is 9.96. The van der Waals surface area contributed by atoms with Crippen molar-refractivity contribution >= 4 is 60.9 Å². The SMILES string of the molecule is Nc1ccc2ccc3ccc4ccccc4c3c2c1.O=C1c2cc([N+](=O)[O-])ccc2-c2c1cc([N+](=O)[O-])cc2[N+](=O)[O-]. The highest BCUT2D eigenvalue weighted by atomic mass is 16.6. The average molecular weight is 559 g/mol. The zero-order chi connectivity index (χ0) is 29.7. The number of non-ortho nitro benzene ring substituents is 2. The molecule has 0 unspecified atom stereocenters. The number of nitrogen functional groups attached to an aromatic ring is 1. The molecule has 1 aliphatic carbocycles. The van der Waals surface area contributed by atoms with Crippen LogP contribution in [-0.2, 0) is 0 Å². The van der Waals surface area contributed by atoms with Gasteiger partial charge in [-0.15, -0.1) is 0 Å². The maximum absolute atomic E-state index is 12.3. The van der Waals surface area contributed by atoms with E-state index in [1.165, 1.54) is 38.4 Å². The molecular formula is C31H18N4O7. The molecular weight excluding hydrogens is 540 g/mol. The van der Waals surface area contributed by atoms with Gasteiger partial charge in [-0.3, -0.25) is 35.1 Å². The van der Waals surface area contributed by atoms with E-state index >= 15 is 0 Å². The van der Waals surface area contributed by atoms with Gasteiger partial charge in [-0.05, 0) is 50.5 Å². The van der Waals surface area contributed by atoms with Gasteiger partial charge in [-0.2, -0.15) is 0 Å². The molecule has 0 heterocycles. The third-order valence-corrected chi connectivity index (χ3v) is 7.23. The van der Waals surface area contributed by atoms with E-state index in [-0.39, 0.29) is 27.9 Å². The van der Waals surface area contributed by atoms with Crippen LogP contribution in [0.2, 0.25) is 0 Å². The Hall–Kier alpha value is -6.23. The number of ketones is 1. The van der Waals surface area contributed by atoms with Gasteiger partial charge < -0.3 is 5.73 Å². The Bertz CT molecular complexity index is 2170. The number of hydrogen-bond acceptors (Lipinski definition) is 8. The van der Waals surface area contributed by atoms with E-state index in [0.717, 1.165) is 30.0 Å². The third-order valence-electron chi connectivity index (χ3n) is 7.23. The Labute approximate surface area is 235 Å². The second-order valence-corrected chi connectivity index (χ2v) is 9.65. The molecule has 0 fully saturated rings. The van der Waals surface area contributed by atoms with Crippen molar-refractivity contribution in [3.05, 3.63) is 139 Å². The van der Waals surface area contributed by atoms with Crippen LogP contribution in [0, 0.1) is 30.3 Å². The van der Waals surface area contributed by atoms with E-state index in [9.17, 15) is 35.1 Å². The smallest absolute Gasteiger partial charge is 0.284 e. The summed E-state index contributed by atoms with van der Waals surface area (Å²) in [5.41, 5.74) is 5.05. The fourth-order valence-electron chi connectivity index (χ4n) is 5.36. The number of carbonyl (C=O) groups is 1. The van der Waals surface area contributed by atoms with Crippen molar-refractivity contribution in [1.29, 1.82) is 0 Å². The number of nitro groups is 3. The predicted molar refractivity (Wildman–Crippen MR) is 159 cm³/mol. The molecule has 6 aromatic rings. The van der Waals surface area contributed by atoms with Crippen LogP contribution < -0.4 is 5.73 Å². The van der Waals surface area contributed by atoms with E-state index in [2.05, 4.69) is 60.7 Å². The van der Waals surface area contributed by atoms with Crippen LogP contribution in [0.1, 0.15) is 15.9 Å². The molecule has 42 heavy (non-hydrogen) atoms. The summed E-state index contributed by atoms with van der Waals surface area (Å²) >= 11 is 0. The number of hydrogen-bond donors (Lipinski definition) is 1. The van der Waals surface area contributed by atoms with E-state index in [1.807, 2.05) is 6.07 Å². The third kappa shape index (κ3) is 4.21. The molecule has 0 saturated heterocycles. The molecule has 0 radical (unpaired) electrons. The van der Waals surface area contributed by atoms with Gasteiger partial charge in [-0.1, -0.05) is 54.6 Å². The molecule has 11 heteroatoms.